The van der Waals surface area contributed by atoms with Crippen LogP contribution in [0.15, 0.2) is 219 Å². The van der Waals surface area contributed by atoms with E-state index in [0.29, 0.717) is 0 Å². The number of halogens is 2. The van der Waals surface area contributed by atoms with Crippen LogP contribution in [0.4, 0.5) is 0 Å². The van der Waals surface area contributed by atoms with Crippen LogP contribution in [0.1, 0.15) is 161 Å². The van der Waals surface area contributed by atoms with Gasteiger partial charge in [0, 0.05) is 91.9 Å². The maximum atomic E-state index is 4.64. The van der Waals surface area contributed by atoms with E-state index in [1.807, 2.05) is 168 Å². The quantitative estimate of drug-likeness (QED) is 0.0882. The molecule has 8 nitrogen and oxygen atoms in total. The first-order chi connectivity index (χ1) is 58.8. The summed E-state index contributed by atoms with van der Waals surface area (Å²) >= 11 is 17.5. The third-order valence-electron chi connectivity index (χ3n) is 21.7. The standard InChI is InChI=1S/4C25H21N2S2.2ClH.2Ir/c4*1-16-20(14-24(28-16)22-10-3-5-12-26-22)18-8-7-9-19(18)21-15-25(29-17(21)2)23-11-4-6-13-27-23;;;;/h4*3-6,10-14H,7-9H2,1-2H3;2*1H;;/q4*-1;;;2*+3/p-2. The zero-order chi connectivity index (χ0) is 83.2. The van der Waals surface area contributed by atoms with Crippen LogP contribution in [0.2, 0.25) is 0 Å². The Hall–Kier alpha value is -8.36. The van der Waals surface area contributed by atoms with Crippen LogP contribution in [0, 0.1) is 79.7 Å². The Labute approximate surface area is 766 Å². The monoisotopic (exact) mass is 2110 g/mol. The Morgan fingerprint density at radius 3 is 0.575 bits per heavy atom. The number of thiophene rings is 8. The van der Waals surface area contributed by atoms with E-state index in [0.717, 1.165) is 116 Å². The van der Waals surface area contributed by atoms with E-state index in [-0.39, 0.29) is 0 Å². The van der Waals surface area contributed by atoms with Gasteiger partial charge in [0.15, 0.2) is 0 Å². The maximum absolute atomic E-state index is 4.64. The summed E-state index contributed by atoms with van der Waals surface area (Å²) in [6.45, 7) is 17.8. The molecule has 0 amide bonds. The minimum atomic E-state index is 1.01. The fourth-order valence-electron chi connectivity index (χ4n) is 16.3. The molecule has 0 N–H and O–H groups in total. The molecule has 604 valence electrons. The molecule has 0 aliphatic heterocycles. The number of aromatic nitrogens is 8. The fourth-order valence-corrected chi connectivity index (χ4v) is 24.2. The van der Waals surface area contributed by atoms with E-state index >= 15 is 0 Å². The molecule has 0 spiro atoms. The molecule has 0 unspecified atom stereocenters. The predicted molar refractivity (Wildman–Crippen MR) is 508 cm³/mol. The van der Waals surface area contributed by atoms with Gasteiger partial charge in [0.1, 0.15) is 0 Å². The van der Waals surface area contributed by atoms with Gasteiger partial charge in [-0.1, -0.05) is 194 Å². The van der Waals surface area contributed by atoms with Gasteiger partial charge in [-0.05, 0) is 192 Å². The topological polar surface area (TPSA) is 103 Å². The van der Waals surface area contributed by atoms with Crippen molar-refractivity contribution in [2.75, 3.05) is 0 Å². The molecular formula is C100H84Cl2Ir2N8S8. The zero-order valence-corrected chi connectivity index (χ0v) is 80.4. The zero-order valence-electron chi connectivity index (χ0n) is 67.5. The van der Waals surface area contributed by atoms with E-state index in [9.17, 15) is 0 Å². The molecule has 4 aliphatic carbocycles. The second kappa shape index (κ2) is 41.2. The number of aryl methyl sites for hydroxylation is 8. The summed E-state index contributed by atoms with van der Waals surface area (Å²) in [5, 5.41) is 0. The van der Waals surface area contributed by atoms with Crippen LogP contribution in [0.3, 0.4) is 0 Å². The van der Waals surface area contributed by atoms with Gasteiger partial charge >= 0.3 is 54.9 Å². The number of pyridine rings is 8. The number of hydrogen-bond acceptors (Lipinski definition) is 16. The average Bonchev–Trinajstić information content (AvgIpc) is 1.64. The second-order valence-corrected chi connectivity index (χ2v) is 39.2. The van der Waals surface area contributed by atoms with Crippen LogP contribution in [-0.2, 0) is 35.8 Å². The van der Waals surface area contributed by atoms with E-state index in [1.165, 1.54) is 209 Å². The number of rotatable bonds is 16. The molecule has 0 saturated carbocycles. The van der Waals surface area contributed by atoms with Crippen molar-refractivity contribution >= 4 is 154 Å². The normalized spacial score (nSPS) is 13.6. The molecule has 16 aromatic heterocycles. The van der Waals surface area contributed by atoms with Crippen molar-refractivity contribution in [2.45, 2.75) is 132 Å². The summed E-state index contributed by atoms with van der Waals surface area (Å²) in [5.41, 5.74) is 30.8. The van der Waals surface area contributed by atoms with Crippen molar-refractivity contribution in [1.29, 1.82) is 0 Å². The molecule has 16 heterocycles. The van der Waals surface area contributed by atoms with Gasteiger partial charge in [-0.2, -0.15) is 0 Å². The molecule has 0 aromatic carbocycles. The fraction of sp³-hybridized carbons (Fsp3) is 0.200. The van der Waals surface area contributed by atoms with Crippen molar-refractivity contribution in [1.82, 2.24) is 39.9 Å². The summed E-state index contributed by atoms with van der Waals surface area (Å²) < 4.78 is 0. The molecule has 0 saturated heterocycles. The Morgan fingerprint density at radius 2 is 0.400 bits per heavy atom. The van der Waals surface area contributed by atoms with Crippen molar-refractivity contribution in [2.24, 2.45) is 0 Å². The molecular weight excluding hydrogens is 2030 g/mol. The molecule has 16 aromatic rings. The summed E-state index contributed by atoms with van der Waals surface area (Å²) in [6, 6.07) is 72.8. The van der Waals surface area contributed by atoms with Crippen molar-refractivity contribution < 1.29 is 35.8 Å². The number of nitrogens with zero attached hydrogens (tertiary/aromatic N) is 8. The van der Waals surface area contributed by atoms with E-state index in [1.54, 1.807) is 45.3 Å². The van der Waals surface area contributed by atoms with Crippen LogP contribution in [0.25, 0.3) is 129 Å². The molecule has 0 radical (unpaired) electrons. The van der Waals surface area contributed by atoms with Crippen molar-refractivity contribution in [3.05, 3.63) is 327 Å². The third-order valence-corrected chi connectivity index (χ3v) is 30.1. The Bertz CT molecular complexity index is 5160. The van der Waals surface area contributed by atoms with Gasteiger partial charge in [-0.15, -0.1) is 114 Å². The van der Waals surface area contributed by atoms with Crippen LogP contribution < -0.4 is 0 Å². The summed E-state index contributed by atoms with van der Waals surface area (Å²) in [7, 11) is 9.28. The van der Waals surface area contributed by atoms with Gasteiger partial charge in [0.05, 0.1) is 42.3 Å². The van der Waals surface area contributed by atoms with Gasteiger partial charge in [0.25, 0.3) is 0 Å². The Morgan fingerprint density at radius 1 is 0.225 bits per heavy atom. The van der Waals surface area contributed by atoms with Gasteiger partial charge < -0.3 is 19.9 Å². The molecule has 20 rings (SSSR count). The third kappa shape index (κ3) is 19.8. The van der Waals surface area contributed by atoms with E-state index in [4.69, 9.17) is 0 Å². The number of allylic oxidation sites excluding steroid dienone is 8. The average molecular weight is 2110 g/mol. The Kier molecular flexibility index (Phi) is 29.7. The van der Waals surface area contributed by atoms with Gasteiger partial charge in [-0.3, -0.25) is 19.9 Å². The van der Waals surface area contributed by atoms with E-state index in [2.05, 4.69) is 236 Å². The first-order valence-electron chi connectivity index (χ1n) is 39.8. The molecule has 0 bridgehead atoms. The summed E-state index contributed by atoms with van der Waals surface area (Å²) in [4.78, 5) is 56.6. The molecule has 0 atom stereocenters. The molecule has 20 heteroatoms. The summed E-state index contributed by atoms with van der Waals surface area (Å²) in [5.74, 6) is 0. The van der Waals surface area contributed by atoms with Gasteiger partial charge in [-0.25, -0.2) is 45.3 Å². The summed E-state index contributed by atoms with van der Waals surface area (Å²) in [6.07, 6.45) is 28.8. The second-order valence-electron chi connectivity index (χ2n) is 29.2. The van der Waals surface area contributed by atoms with Crippen molar-refractivity contribution in [3.8, 4) is 84.6 Å². The minimum absolute atomic E-state index is 1.01. The first-order valence-corrected chi connectivity index (χ1v) is 52.3. The van der Waals surface area contributed by atoms with Crippen LogP contribution in [-0.4, -0.2) is 39.9 Å². The van der Waals surface area contributed by atoms with Gasteiger partial charge in [0.2, 0.25) is 0 Å². The first kappa shape index (κ1) is 86.6. The van der Waals surface area contributed by atoms with Crippen LogP contribution in [0.5, 0.6) is 0 Å². The number of hydrogen-bond donors (Lipinski definition) is 0. The van der Waals surface area contributed by atoms with Crippen molar-refractivity contribution in [3.63, 3.8) is 0 Å². The van der Waals surface area contributed by atoms with Crippen LogP contribution >= 0.6 is 110 Å². The Balaban J connectivity index is 0.000000123. The molecule has 120 heavy (non-hydrogen) atoms. The van der Waals surface area contributed by atoms with E-state index < -0.39 is 0 Å². The SMILES string of the molecule is Cc1sc(-c2ccccn2)[c-]c1C1=C(c2cc(-c3ccccn3)sc2C)CCC1.Cc1sc(-c2ccccn2)[c-]c1C1=C(c2cc(-c3ccccn3)sc2C)CCC1.Cc1sc(-c2ccccn2)[c-]c1C1=C(c2cc(-c3ccccn3)sc2C)CCC1.Cc1sc(-c2ccccn2)[c-]c1C1=C(c2cc(-c3ccccn3)sc2C)CCC1.[Cl][Ir+2].[Cl][Ir+2]. The molecule has 0 fully saturated rings. The predicted octanol–water partition coefficient (Wildman–Crippen LogP) is 31.2. The molecule has 4 aliphatic rings.